The average Bonchev–Trinajstić information content (AvgIpc) is 3.47. The molecule has 0 N–H and O–H groups in total. The van der Waals surface area contributed by atoms with Gasteiger partial charge in [-0.05, 0) is 94.8 Å². The Kier molecular flexibility index (Phi) is 7.89. The van der Waals surface area contributed by atoms with Crippen molar-refractivity contribution in [2.45, 2.75) is 19.3 Å². The van der Waals surface area contributed by atoms with E-state index in [1.807, 2.05) is 24.3 Å². The predicted octanol–water partition coefficient (Wildman–Crippen LogP) is 11.2. The van der Waals surface area contributed by atoms with Crippen molar-refractivity contribution in [2.75, 3.05) is 7.11 Å². The molecule has 0 fully saturated rings. The van der Waals surface area contributed by atoms with Gasteiger partial charge in [0.25, 0.3) is 0 Å². The zero-order valence-corrected chi connectivity index (χ0v) is 28.3. The highest BCUT2D eigenvalue weighted by atomic mass is 16.5. The molecule has 0 radical (unpaired) electrons. The van der Waals surface area contributed by atoms with Crippen LogP contribution in [0.2, 0.25) is 0 Å². The first-order valence-corrected chi connectivity index (χ1v) is 16.9. The standard InChI is InChI=1S/C47H36O3/c1-31-17-21-33(22-18-31)40-29-36(25-27-44(40)49-3)47(42-15-9-7-13-38(42)39-14-8-10-16-43(39)47)37-26-28-45(50-46(48)35-11-5-4-6-12-35)41(30-37)34-23-19-32(2)20-24-34/h4-30H,1-3H3. The molecule has 3 heteroatoms. The van der Waals surface area contributed by atoms with Gasteiger partial charge in [-0.2, -0.15) is 0 Å². The number of carbonyl (C=O) groups is 1. The number of hydrogen-bond donors (Lipinski definition) is 0. The lowest BCUT2D eigenvalue weighted by Gasteiger charge is -2.35. The highest BCUT2D eigenvalue weighted by Gasteiger charge is 2.46. The summed E-state index contributed by atoms with van der Waals surface area (Å²) in [5.41, 5.74) is 13.1. The Bertz CT molecular complexity index is 2310. The van der Waals surface area contributed by atoms with E-state index in [-0.39, 0.29) is 0 Å². The van der Waals surface area contributed by atoms with Crippen LogP contribution in [0.1, 0.15) is 43.7 Å². The van der Waals surface area contributed by atoms with Gasteiger partial charge in [-0.25, -0.2) is 4.79 Å². The fourth-order valence-corrected chi connectivity index (χ4v) is 7.47. The Balaban J connectivity index is 1.41. The van der Waals surface area contributed by atoms with Crippen LogP contribution in [-0.2, 0) is 5.41 Å². The van der Waals surface area contributed by atoms with E-state index >= 15 is 0 Å². The van der Waals surface area contributed by atoms with Crippen LogP contribution in [-0.4, -0.2) is 13.1 Å². The lowest BCUT2D eigenvalue weighted by atomic mass is 9.67. The van der Waals surface area contributed by atoms with E-state index in [9.17, 15) is 4.79 Å². The minimum Gasteiger partial charge on any atom is -0.496 e. The van der Waals surface area contributed by atoms with Gasteiger partial charge in [0, 0.05) is 11.1 Å². The molecule has 0 heterocycles. The van der Waals surface area contributed by atoms with Gasteiger partial charge < -0.3 is 9.47 Å². The number of benzene rings is 7. The molecule has 1 aliphatic carbocycles. The fraction of sp³-hybridized carbons (Fsp3) is 0.0851. The number of esters is 1. The Morgan fingerprint density at radius 2 is 0.940 bits per heavy atom. The third-order valence-corrected chi connectivity index (χ3v) is 9.93. The van der Waals surface area contributed by atoms with Crippen molar-refractivity contribution in [1.29, 1.82) is 0 Å². The van der Waals surface area contributed by atoms with Gasteiger partial charge >= 0.3 is 5.97 Å². The molecule has 1 aliphatic rings. The number of ether oxygens (including phenoxy) is 2. The van der Waals surface area contributed by atoms with Crippen LogP contribution in [0.5, 0.6) is 11.5 Å². The van der Waals surface area contributed by atoms with E-state index in [2.05, 4.69) is 141 Å². The van der Waals surface area contributed by atoms with E-state index in [0.717, 1.165) is 44.7 Å². The smallest absolute Gasteiger partial charge is 0.343 e. The minimum absolute atomic E-state index is 0.393. The molecule has 0 atom stereocenters. The van der Waals surface area contributed by atoms with Crippen molar-refractivity contribution in [3.8, 4) is 44.9 Å². The summed E-state index contributed by atoms with van der Waals surface area (Å²) in [4.78, 5) is 13.4. The van der Waals surface area contributed by atoms with Gasteiger partial charge in [-0.3, -0.25) is 0 Å². The Morgan fingerprint density at radius 1 is 0.480 bits per heavy atom. The Morgan fingerprint density at radius 3 is 1.46 bits per heavy atom. The third kappa shape index (κ3) is 5.19. The number of fused-ring (bicyclic) bond motifs is 3. The molecular weight excluding hydrogens is 613 g/mol. The van der Waals surface area contributed by atoms with E-state index < -0.39 is 11.4 Å². The molecule has 50 heavy (non-hydrogen) atoms. The van der Waals surface area contributed by atoms with Crippen molar-refractivity contribution in [2.24, 2.45) is 0 Å². The molecule has 0 saturated heterocycles. The molecule has 0 unspecified atom stereocenters. The number of carbonyl (C=O) groups excluding carboxylic acids is 1. The normalized spacial score (nSPS) is 12.5. The molecule has 0 aromatic heterocycles. The van der Waals surface area contributed by atoms with E-state index in [4.69, 9.17) is 9.47 Å². The fourth-order valence-electron chi connectivity index (χ4n) is 7.47. The van der Waals surface area contributed by atoms with Crippen LogP contribution in [0, 0.1) is 13.8 Å². The molecule has 0 spiro atoms. The molecule has 8 rings (SSSR count). The number of rotatable bonds is 7. The largest absolute Gasteiger partial charge is 0.496 e. The lowest BCUT2D eigenvalue weighted by molar-refractivity contribution is 0.0735. The first kappa shape index (κ1) is 31.1. The summed E-state index contributed by atoms with van der Waals surface area (Å²) in [7, 11) is 1.73. The van der Waals surface area contributed by atoms with Crippen LogP contribution in [0.4, 0.5) is 0 Å². The van der Waals surface area contributed by atoms with Crippen molar-refractivity contribution in [1.82, 2.24) is 0 Å². The van der Waals surface area contributed by atoms with Gasteiger partial charge in [0.15, 0.2) is 0 Å². The monoisotopic (exact) mass is 648 g/mol. The van der Waals surface area contributed by atoms with Crippen molar-refractivity contribution in [3.05, 3.63) is 203 Å². The average molecular weight is 649 g/mol. The predicted molar refractivity (Wildman–Crippen MR) is 202 cm³/mol. The summed E-state index contributed by atoms with van der Waals surface area (Å²) in [6.07, 6.45) is 0. The number of aryl methyl sites for hydroxylation is 2. The number of methoxy groups -OCH3 is 1. The topological polar surface area (TPSA) is 35.5 Å². The number of hydrogen-bond acceptors (Lipinski definition) is 3. The zero-order chi connectivity index (χ0) is 34.2. The maximum absolute atomic E-state index is 13.4. The van der Waals surface area contributed by atoms with Gasteiger partial charge in [-0.1, -0.05) is 139 Å². The maximum Gasteiger partial charge on any atom is 0.343 e. The SMILES string of the molecule is COc1ccc(C2(c3ccc(OC(=O)c4ccccc4)c(-c4ccc(C)cc4)c3)c3ccccc3-c3ccccc32)cc1-c1ccc(C)cc1. The highest BCUT2D eigenvalue weighted by molar-refractivity contribution is 5.93. The van der Waals surface area contributed by atoms with Crippen LogP contribution in [0.3, 0.4) is 0 Å². The summed E-state index contributed by atoms with van der Waals surface area (Å²) < 4.78 is 12.1. The molecule has 242 valence electrons. The van der Waals surface area contributed by atoms with Crippen LogP contribution in [0.25, 0.3) is 33.4 Å². The van der Waals surface area contributed by atoms with Crippen LogP contribution in [0.15, 0.2) is 164 Å². The lowest BCUT2D eigenvalue weighted by Crippen LogP contribution is -2.29. The summed E-state index contributed by atoms with van der Waals surface area (Å²) in [6.45, 7) is 4.18. The molecular formula is C47H36O3. The summed E-state index contributed by atoms with van der Waals surface area (Å²) in [6, 6.07) is 56.4. The first-order valence-electron chi connectivity index (χ1n) is 16.9. The zero-order valence-electron chi connectivity index (χ0n) is 28.3. The summed E-state index contributed by atoms with van der Waals surface area (Å²) >= 11 is 0. The van der Waals surface area contributed by atoms with E-state index in [1.165, 1.54) is 27.8 Å². The van der Waals surface area contributed by atoms with Crippen molar-refractivity contribution in [3.63, 3.8) is 0 Å². The molecule has 0 amide bonds. The van der Waals surface area contributed by atoms with E-state index in [0.29, 0.717) is 11.3 Å². The highest BCUT2D eigenvalue weighted by Crippen LogP contribution is 2.57. The van der Waals surface area contributed by atoms with E-state index in [1.54, 1.807) is 19.2 Å². The van der Waals surface area contributed by atoms with Gasteiger partial charge in [-0.15, -0.1) is 0 Å². The van der Waals surface area contributed by atoms with Gasteiger partial charge in [0.05, 0.1) is 18.1 Å². The molecule has 0 saturated carbocycles. The van der Waals surface area contributed by atoms with Gasteiger partial charge in [0.1, 0.15) is 11.5 Å². The third-order valence-electron chi connectivity index (χ3n) is 9.93. The van der Waals surface area contributed by atoms with Crippen LogP contribution >= 0.6 is 0 Å². The first-order chi connectivity index (χ1) is 24.5. The second-order valence-electron chi connectivity index (χ2n) is 13.0. The van der Waals surface area contributed by atoms with Crippen molar-refractivity contribution < 1.29 is 14.3 Å². The van der Waals surface area contributed by atoms with Crippen LogP contribution < -0.4 is 9.47 Å². The Hall–Kier alpha value is -6.19. The minimum atomic E-state index is -0.680. The molecule has 3 nitrogen and oxygen atoms in total. The quantitative estimate of drug-likeness (QED) is 0.127. The van der Waals surface area contributed by atoms with Gasteiger partial charge in [0.2, 0.25) is 0 Å². The summed E-state index contributed by atoms with van der Waals surface area (Å²) in [5.74, 6) is 0.933. The molecule has 7 aromatic rings. The second-order valence-corrected chi connectivity index (χ2v) is 13.0. The Labute approximate surface area is 293 Å². The molecule has 0 aliphatic heterocycles. The second kappa shape index (κ2) is 12.7. The van der Waals surface area contributed by atoms with Crippen molar-refractivity contribution >= 4 is 5.97 Å². The summed E-state index contributed by atoms with van der Waals surface area (Å²) in [5, 5.41) is 0. The maximum atomic E-state index is 13.4. The molecule has 0 bridgehead atoms. The molecule has 7 aromatic carbocycles.